The topological polar surface area (TPSA) is 49.4 Å². The van der Waals surface area contributed by atoms with Gasteiger partial charge in [-0.2, -0.15) is 0 Å². The van der Waals surface area contributed by atoms with Crippen LogP contribution in [0.25, 0.3) is 0 Å². The average molecular weight is 268 g/mol. The van der Waals surface area contributed by atoms with E-state index in [-0.39, 0.29) is 17.2 Å². The Hall–Kier alpha value is -1.06. The highest BCUT2D eigenvalue weighted by molar-refractivity contribution is 5.93. The second-order valence-electron chi connectivity index (χ2n) is 6.85. The van der Waals surface area contributed by atoms with Crippen LogP contribution < -0.4 is 5.32 Å². The smallest absolute Gasteiger partial charge is 0.248 e. The molecule has 2 amide bonds. The van der Waals surface area contributed by atoms with Crippen molar-refractivity contribution in [1.29, 1.82) is 0 Å². The summed E-state index contributed by atoms with van der Waals surface area (Å²) in [5, 5.41) is 2.87. The van der Waals surface area contributed by atoms with E-state index in [1.54, 1.807) is 0 Å². The van der Waals surface area contributed by atoms with Gasteiger partial charge in [-0.15, -0.1) is 0 Å². The van der Waals surface area contributed by atoms with Crippen molar-refractivity contribution in [3.8, 4) is 0 Å². The zero-order chi connectivity index (χ0) is 14.8. The summed E-state index contributed by atoms with van der Waals surface area (Å²) in [5.41, 5.74) is -0.696. The molecule has 1 aliphatic heterocycles. The Balaban J connectivity index is 2.94. The lowest BCUT2D eigenvalue weighted by Crippen LogP contribution is -2.56. The number of nitrogens with zero attached hydrogens (tertiary/aromatic N) is 1. The third-order valence-electron chi connectivity index (χ3n) is 4.65. The molecule has 1 fully saturated rings. The fourth-order valence-corrected chi connectivity index (χ4v) is 2.18. The van der Waals surface area contributed by atoms with Crippen LogP contribution >= 0.6 is 0 Å². The minimum absolute atomic E-state index is 0.0254. The highest BCUT2D eigenvalue weighted by atomic mass is 16.2. The Morgan fingerprint density at radius 1 is 1.37 bits per heavy atom. The van der Waals surface area contributed by atoms with Gasteiger partial charge in [-0.1, -0.05) is 34.6 Å². The van der Waals surface area contributed by atoms with Crippen molar-refractivity contribution >= 4 is 11.8 Å². The van der Waals surface area contributed by atoms with E-state index in [0.29, 0.717) is 31.8 Å². The lowest BCUT2D eigenvalue weighted by atomic mass is 9.80. The zero-order valence-corrected chi connectivity index (χ0v) is 13.2. The Kier molecular flexibility index (Phi) is 4.64. The minimum Gasteiger partial charge on any atom is -0.342 e. The van der Waals surface area contributed by atoms with E-state index in [0.717, 1.165) is 0 Å². The van der Waals surface area contributed by atoms with Crippen molar-refractivity contribution in [2.24, 2.45) is 11.3 Å². The lowest BCUT2D eigenvalue weighted by molar-refractivity contribution is -0.139. The molecule has 110 valence electrons. The fraction of sp³-hybridized carbons (Fsp3) is 0.867. The number of amides is 2. The maximum atomic E-state index is 12.7. The van der Waals surface area contributed by atoms with Crippen LogP contribution in [-0.2, 0) is 9.59 Å². The van der Waals surface area contributed by atoms with E-state index < -0.39 is 5.54 Å². The molecule has 0 saturated carbocycles. The summed E-state index contributed by atoms with van der Waals surface area (Å²) in [6.07, 6.45) is 1.02. The number of hydrogen-bond donors (Lipinski definition) is 1. The summed E-state index contributed by atoms with van der Waals surface area (Å²) >= 11 is 0. The van der Waals surface area contributed by atoms with Crippen LogP contribution in [0.2, 0.25) is 0 Å². The molecule has 0 radical (unpaired) electrons. The van der Waals surface area contributed by atoms with Crippen molar-refractivity contribution in [3.63, 3.8) is 0 Å². The number of rotatable bonds is 4. The summed E-state index contributed by atoms with van der Waals surface area (Å²) < 4.78 is 0. The van der Waals surface area contributed by atoms with Crippen LogP contribution in [0, 0.1) is 11.3 Å². The molecule has 4 heteroatoms. The Labute approximate surface area is 116 Å². The van der Waals surface area contributed by atoms with Crippen molar-refractivity contribution in [1.82, 2.24) is 10.2 Å². The number of hydrogen-bond acceptors (Lipinski definition) is 2. The van der Waals surface area contributed by atoms with Gasteiger partial charge in [0.05, 0.1) is 0 Å². The predicted octanol–water partition coefficient (Wildman–Crippen LogP) is 2.19. The molecule has 0 aromatic rings. The van der Waals surface area contributed by atoms with E-state index in [1.807, 2.05) is 18.7 Å². The first kappa shape index (κ1) is 16.0. The van der Waals surface area contributed by atoms with Crippen molar-refractivity contribution in [3.05, 3.63) is 0 Å². The molecule has 0 bridgehead atoms. The SMILES string of the molecule is CCC1(C)NC(=O)CCN(CC(C)(C)C(C)C)C1=O. The molecule has 0 aromatic heterocycles. The molecule has 0 aliphatic carbocycles. The van der Waals surface area contributed by atoms with Gasteiger partial charge >= 0.3 is 0 Å². The summed E-state index contributed by atoms with van der Waals surface area (Å²) in [5.74, 6) is 0.511. The summed E-state index contributed by atoms with van der Waals surface area (Å²) in [6.45, 7) is 13.7. The molecule has 1 N–H and O–H groups in total. The quantitative estimate of drug-likeness (QED) is 0.849. The van der Waals surface area contributed by atoms with Gasteiger partial charge < -0.3 is 10.2 Å². The van der Waals surface area contributed by atoms with Gasteiger partial charge in [0.25, 0.3) is 0 Å². The molecular formula is C15H28N2O2. The molecule has 1 saturated heterocycles. The first-order chi connectivity index (χ1) is 8.62. The molecular weight excluding hydrogens is 240 g/mol. The largest absolute Gasteiger partial charge is 0.342 e. The van der Waals surface area contributed by atoms with Crippen LogP contribution in [0.15, 0.2) is 0 Å². The maximum absolute atomic E-state index is 12.7. The van der Waals surface area contributed by atoms with Gasteiger partial charge in [-0.3, -0.25) is 9.59 Å². The van der Waals surface area contributed by atoms with E-state index in [4.69, 9.17) is 0 Å². The number of carbonyl (C=O) groups excluding carboxylic acids is 2. The summed E-state index contributed by atoms with van der Waals surface area (Å²) in [4.78, 5) is 26.3. The second-order valence-corrected chi connectivity index (χ2v) is 6.85. The normalized spacial score (nSPS) is 25.5. The van der Waals surface area contributed by atoms with Crippen LogP contribution in [0.4, 0.5) is 0 Å². The molecule has 1 aliphatic rings. The first-order valence-electron chi connectivity index (χ1n) is 7.23. The molecule has 1 atom stereocenters. The highest BCUT2D eigenvalue weighted by Gasteiger charge is 2.40. The standard InChI is InChI=1S/C15H28N2O2/c1-7-15(6)13(19)17(9-8-12(18)16-15)10-14(4,5)11(2)3/h11H,7-10H2,1-6H3,(H,16,18). The van der Waals surface area contributed by atoms with Crippen molar-refractivity contribution in [2.75, 3.05) is 13.1 Å². The number of carbonyl (C=O) groups is 2. The van der Waals surface area contributed by atoms with Gasteiger partial charge in [0, 0.05) is 19.5 Å². The van der Waals surface area contributed by atoms with Crippen LogP contribution in [-0.4, -0.2) is 35.3 Å². The van der Waals surface area contributed by atoms with Crippen molar-refractivity contribution in [2.45, 2.75) is 59.9 Å². The predicted molar refractivity (Wildman–Crippen MR) is 76.7 cm³/mol. The second kappa shape index (κ2) is 5.51. The van der Waals surface area contributed by atoms with Gasteiger partial charge in [0.15, 0.2) is 0 Å². The van der Waals surface area contributed by atoms with E-state index in [2.05, 4.69) is 33.0 Å². The Morgan fingerprint density at radius 2 is 1.95 bits per heavy atom. The molecule has 1 heterocycles. The van der Waals surface area contributed by atoms with Crippen molar-refractivity contribution < 1.29 is 9.59 Å². The van der Waals surface area contributed by atoms with E-state index in [9.17, 15) is 9.59 Å². The number of nitrogens with one attached hydrogen (secondary N) is 1. The molecule has 4 nitrogen and oxygen atoms in total. The van der Waals surface area contributed by atoms with E-state index in [1.165, 1.54) is 0 Å². The Morgan fingerprint density at radius 3 is 2.42 bits per heavy atom. The van der Waals surface area contributed by atoms with E-state index >= 15 is 0 Å². The fourth-order valence-electron chi connectivity index (χ4n) is 2.18. The third kappa shape index (κ3) is 3.48. The van der Waals surface area contributed by atoms with Gasteiger partial charge in [0.2, 0.25) is 11.8 Å². The molecule has 1 rings (SSSR count). The van der Waals surface area contributed by atoms with Crippen LogP contribution in [0.1, 0.15) is 54.4 Å². The van der Waals surface area contributed by atoms with Crippen LogP contribution in [0.3, 0.4) is 0 Å². The average Bonchev–Trinajstić information content (AvgIpc) is 2.41. The maximum Gasteiger partial charge on any atom is 0.248 e. The monoisotopic (exact) mass is 268 g/mol. The van der Waals surface area contributed by atoms with Gasteiger partial charge in [0.1, 0.15) is 5.54 Å². The molecule has 0 aromatic carbocycles. The summed E-state index contributed by atoms with van der Waals surface area (Å²) in [7, 11) is 0. The first-order valence-corrected chi connectivity index (χ1v) is 7.23. The van der Waals surface area contributed by atoms with Gasteiger partial charge in [-0.05, 0) is 24.7 Å². The highest BCUT2D eigenvalue weighted by Crippen LogP contribution is 2.29. The zero-order valence-electron chi connectivity index (χ0n) is 13.2. The van der Waals surface area contributed by atoms with Gasteiger partial charge in [-0.25, -0.2) is 0 Å². The third-order valence-corrected chi connectivity index (χ3v) is 4.65. The lowest BCUT2D eigenvalue weighted by Gasteiger charge is -2.38. The minimum atomic E-state index is -0.749. The summed E-state index contributed by atoms with van der Waals surface area (Å²) in [6, 6.07) is 0. The molecule has 19 heavy (non-hydrogen) atoms. The van der Waals surface area contributed by atoms with Crippen LogP contribution in [0.5, 0.6) is 0 Å². The Bertz CT molecular complexity index is 363. The molecule has 1 unspecified atom stereocenters. The molecule has 0 spiro atoms.